The van der Waals surface area contributed by atoms with Crippen LogP contribution in [-0.4, -0.2) is 43.1 Å². The van der Waals surface area contributed by atoms with Gasteiger partial charge in [-0.15, -0.1) is 0 Å². The summed E-state index contributed by atoms with van der Waals surface area (Å²) in [7, 11) is 1.61. The summed E-state index contributed by atoms with van der Waals surface area (Å²) in [6, 6.07) is 22.6. The highest BCUT2D eigenvalue weighted by molar-refractivity contribution is 5.90. The number of cyclic esters (lactones) is 1. The number of ether oxygens (including phenoxy) is 4. The Balaban J connectivity index is 1.29. The van der Waals surface area contributed by atoms with Crippen molar-refractivity contribution in [1.29, 1.82) is 0 Å². The predicted octanol–water partition coefficient (Wildman–Crippen LogP) is 5.75. The van der Waals surface area contributed by atoms with Crippen molar-refractivity contribution in [2.45, 2.75) is 39.0 Å². The lowest BCUT2D eigenvalue weighted by Gasteiger charge is -2.30. The number of hydrogen-bond acceptors (Lipinski definition) is 8. The van der Waals surface area contributed by atoms with Crippen LogP contribution in [0.25, 0.3) is 17.2 Å². The van der Waals surface area contributed by atoms with Crippen molar-refractivity contribution in [3.8, 4) is 28.4 Å². The summed E-state index contributed by atoms with van der Waals surface area (Å²) < 4.78 is 21.9. The minimum atomic E-state index is -0.456. The summed E-state index contributed by atoms with van der Waals surface area (Å²) in [5, 5.41) is 1.93. The van der Waals surface area contributed by atoms with Gasteiger partial charge >= 0.3 is 11.9 Å². The van der Waals surface area contributed by atoms with E-state index in [1.165, 1.54) is 6.08 Å². The Hall–Kier alpha value is -4.40. The molecule has 2 unspecified atom stereocenters. The lowest BCUT2D eigenvalue weighted by Crippen LogP contribution is -2.50. The second kappa shape index (κ2) is 13.6. The van der Waals surface area contributed by atoms with Crippen LogP contribution in [0, 0.1) is 0 Å². The third-order valence-electron chi connectivity index (χ3n) is 6.56. The molecule has 4 rings (SSSR count). The second-order valence-electron chi connectivity index (χ2n) is 9.41. The molecule has 0 radical (unpaired) electrons. The van der Waals surface area contributed by atoms with Crippen LogP contribution in [0.5, 0.6) is 17.2 Å². The number of benzene rings is 3. The Bertz CT molecular complexity index is 1320. The van der Waals surface area contributed by atoms with Crippen molar-refractivity contribution in [2.24, 2.45) is 0 Å². The first-order valence-corrected chi connectivity index (χ1v) is 13.1. The molecule has 3 aromatic carbocycles. The normalized spacial score (nSPS) is 15.8. The minimum absolute atomic E-state index is 0.164. The molecule has 8 heteroatoms. The third kappa shape index (κ3) is 7.81. The number of rotatable bonds is 12. The van der Waals surface area contributed by atoms with Crippen molar-refractivity contribution in [3.63, 3.8) is 0 Å². The number of esters is 2. The molecule has 208 valence electrons. The van der Waals surface area contributed by atoms with E-state index in [0.29, 0.717) is 23.5 Å². The molecule has 0 saturated carbocycles. The fourth-order valence-electron chi connectivity index (χ4n) is 3.96. The lowest BCUT2D eigenvalue weighted by atomic mass is 10.1. The largest absolute Gasteiger partial charge is 0.497 e. The van der Waals surface area contributed by atoms with Gasteiger partial charge in [-0.1, -0.05) is 49.9 Å². The van der Waals surface area contributed by atoms with E-state index >= 15 is 0 Å². The molecule has 0 aromatic heterocycles. The van der Waals surface area contributed by atoms with E-state index in [1.54, 1.807) is 25.3 Å². The van der Waals surface area contributed by atoms with Crippen molar-refractivity contribution in [1.82, 2.24) is 10.4 Å². The Morgan fingerprint density at radius 1 is 1.02 bits per heavy atom. The van der Waals surface area contributed by atoms with Gasteiger partial charge in [0, 0.05) is 24.1 Å². The van der Waals surface area contributed by atoms with Gasteiger partial charge in [0.05, 0.1) is 7.11 Å². The van der Waals surface area contributed by atoms with Gasteiger partial charge in [0.15, 0.2) is 13.0 Å². The van der Waals surface area contributed by atoms with Gasteiger partial charge < -0.3 is 18.9 Å². The number of carbonyl (C=O) groups is 2. The molecule has 1 saturated heterocycles. The van der Waals surface area contributed by atoms with E-state index in [1.807, 2.05) is 65.7 Å². The fourth-order valence-corrected chi connectivity index (χ4v) is 3.96. The molecule has 1 fully saturated rings. The maximum atomic E-state index is 12.2. The SMILES string of the molecule is C=C1CC(NN(COc2ccc(-c3ccc(OC(=O)/C=C/c4ccc(OC)cc4)cc3)cc2)C(C)CC)OC1=O. The molecule has 8 nitrogen and oxygen atoms in total. The summed E-state index contributed by atoms with van der Waals surface area (Å²) in [5.74, 6) is 1.10. The van der Waals surface area contributed by atoms with Crippen LogP contribution >= 0.6 is 0 Å². The van der Waals surface area contributed by atoms with Crippen LogP contribution in [0.15, 0.2) is 91.0 Å². The average Bonchev–Trinajstić information content (AvgIpc) is 3.30. The van der Waals surface area contributed by atoms with Crippen molar-refractivity contribution >= 4 is 18.0 Å². The van der Waals surface area contributed by atoms with Crippen LogP contribution in [0.2, 0.25) is 0 Å². The third-order valence-corrected chi connectivity index (χ3v) is 6.56. The number of hydrazine groups is 1. The highest BCUT2D eigenvalue weighted by atomic mass is 16.6. The molecule has 2 atom stereocenters. The number of nitrogens with one attached hydrogen (secondary N) is 1. The van der Waals surface area contributed by atoms with Gasteiger partial charge in [0.25, 0.3) is 0 Å². The Kier molecular flexibility index (Phi) is 9.72. The van der Waals surface area contributed by atoms with E-state index in [4.69, 9.17) is 18.9 Å². The van der Waals surface area contributed by atoms with E-state index < -0.39 is 12.2 Å². The van der Waals surface area contributed by atoms with Crippen LogP contribution in [-0.2, 0) is 14.3 Å². The van der Waals surface area contributed by atoms with E-state index in [-0.39, 0.29) is 18.7 Å². The Morgan fingerprint density at radius 3 is 2.17 bits per heavy atom. The topological polar surface area (TPSA) is 86.3 Å². The molecule has 0 amide bonds. The predicted molar refractivity (Wildman–Crippen MR) is 153 cm³/mol. The van der Waals surface area contributed by atoms with Crippen molar-refractivity contribution < 1.29 is 28.5 Å². The second-order valence-corrected chi connectivity index (χ2v) is 9.41. The molecular formula is C32H34N2O6. The average molecular weight is 543 g/mol. The summed E-state index contributed by atoms with van der Waals surface area (Å²) in [6.07, 6.45) is 3.98. The van der Waals surface area contributed by atoms with Crippen molar-refractivity contribution in [2.75, 3.05) is 13.8 Å². The first kappa shape index (κ1) is 28.6. The molecule has 1 aliphatic rings. The van der Waals surface area contributed by atoms with Gasteiger partial charge in [0.1, 0.15) is 17.2 Å². The molecule has 1 heterocycles. The molecular weight excluding hydrogens is 508 g/mol. The van der Waals surface area contributed by atoms with E-state index in [2.05, 4.69) is 25.9 Å². The zero-order chi connectivity index (χ0) is 28.5. The van der Waals surface area contributed by atoms with Gasteiger partial charge in [0.2, 0.25) is 0 Å². The maximum Gasteiger partial charge on any atom is 0.336 e. The molecule has 1 aliphatic heterocycles. The van der Waals surface area contributed by atoms with Gasteiger partial charge in [-0.2, -0.15) is 0 Å². The van der Waals surface area contributed by atoms with E-state index in [9.17, 15) is 9.59 Å². The fraction of sp³-hybridized carbons (Fsp3) is 0.250. The monoisotopic (exact) mass is 542 g/mol. The number of hydrogen-bond donors (Lipinski definition) is 1. The van der Waals surface area contributed by atoms with Gasteiger partial charge in [-0.05, 0) is 72.5 Å². The standard InChI is InChI=1S/C32H34N2O6/c1-5-23(3)34(33-30-20-22(2)32(36)40-30)21-38-28-15-9-25(10-16-28)26-11-17-29(18-12-26)39-31(35)19-8-24-6-13-27(37-4)14-7-24/h6-19,23,30,33H,2,5,20-21H2,1,3-4H3/b19-8+. The molecule has 0 bridgehead atoms. The molecule has 40 heavy (non-hydrogen) atoms. The zero-order valence-corrected chi connectivity index (χ0v) is 23.0. The minimum Gasteiger partial charge on any atom is -0.497 e. The first-order chi connectivity index (χ1) is 19.3. The Labute approximate surface area is 234 Å². The quantitative estimate of drug-likeness (QED) is 0.102. The molecule has 1 N–H and O–H groups in total. The summed E-state index contributed by atoms with van der Waals surface area (Å²) in [6.45, 7) is 8.17. The number of nitrogens with zero attached hydrogens (tertiary/aromatic N) is 1. The number of carbonyl (C=O) groups excluding carboxylic acids is 2. The summed E-state index contributed by atoms with van der Waals surface area (Å²) in [4.78, 5) is 23.9. The van der Waals surface area contributed by atoms with Gasteiger partial charge in [-0.25, -0.2) is 20.0 Å². The first-order valence-electron chi connectivity index (χ1n) is 13.1. The van der Waals surface area contributed by atoms with Crippen LogP contribution in [0.3, 0.4) is 0 Å². The van der Waals surface area contributed by atoms with Crippen LogP contribution in [0.4, 0.5) is 0 Å². The highest BCUT2D eigenvalue weighted by Gasteiger charge is 2.29. The van der Waals surface area contributed by atoms with Crippen molar-refractivity contribution in [3.05, 3.63) is 96.6 Å². The van der Waals surface area contributed by atoms with Crippen LogP contribution in [0.1, 0.15) is 32.3 Å². The summed E-state index contributed by atoms with van der Waals surface area (Å²) in [5.41, 5.74) is 6.54. The molecule has 0 spiro atoms. The highest BCUT2D eigenvalue weighted by Crippen LogP contribution is 2.25. The number of methoxy groups -OCH3 is 1. The van der Waals surface area contributed by atoms with Gasteiger partial charge in [-0.3, -0.25) is 0 Å². The lowest BCUT2D eigenvalue weighted by molar-refractivity contribution is -0.144. The van der Waals surface area contributed by atoms with Crippen LogP contribution < -0.4 is 19.6 Å². The summed E-state index contributed by atoms with van der Waals surface area (Å²) >= 11 is 0. The van der Waals surface area contributed by atoms with E-state index in [0.717, 1.165) is 28.9 Å². The molecule has 0 aliphatic carbocycles. The maximum absolute atomic E-state index is 12.2. The zero-order valence-electron chi connectivity index (χ0n) is 23.0. The Morgan fingerprint density at radius 2 is 1.62 bits per heavy atom. The smallest absolute Gasteiger partial charge is 0.336 e. The molecule has 3 aromatic rings.